The largest absolute Gasteiger partial charge is 0.378 e. The molecule has 4 aromatic rings. The van der Waals surface area contributed by atoms with E-state index in [1.165, 1.54) is 11.8 Å². The summed E-state index contributed by atoms with van der Waals surface area (Å²) < 4.78 is 29.2. The average molecular weight is 492 g/mol. The number of rotatable bonds is 5. The zero-order chi connectivity index (χ0) is 23.7. The SMILES string of the molecule is Cc1cccc(-c2nc(-c3ccc(S(C)(=O)=O)cc3)sc2-c2ccnc(N3CCOCC3)c2)c1. The fourth-order valence-corrected chi connectivity index (χ4v) is 5.72. The minimum atomic E-state index is -3.25. The second-order valence-corrected chi connectivity index (χ2v) is 11.4. The lowest BCUT2D eigenvalue weighted by Crippen LogP contribution is -2.36. The first-order chi connectivity index (χ1) is 16.4. The molecule has 174 valence electrons. The van der Waals surface area contributed by atoms with Gasteiger partial charge in [-0.1, -0.05) is 35.9 Å². The molecule has 5 rings (SSSR count). The lowest BCUT2D eigenvalue weighted by molar-refractivity contribution is 0.122. The smallest absolute Gasteiger partial charge is 0.175 e. The van der Waals surface area contributed by atoms with Crippen molar-refractivity contribution in [3.63, 3.8) is 0 Å². The second-order valence-electron chi connectivity index (χ2n) is 8.36. The Bertz CT molecular complexity index is 1420. The second kappa shape index (κ2) is 9.29. The van der Waals surface area contributed by atoms with Gasteiger partial charge in [0, 0.05) is 36.7 Å². The van der Waals surface area contributed by atoms with Gasteiger partial charge in [-0.15, -0.1) is 11.3 Å². The highest BCUT2D eigenvalue weighted by atomic mass is 32.2. The summed E-state index contributed by atoms with van der Waals surface area (Å²) in [5.41, 5.74) is 5.08. The highest BCUT2D eigenvalue weighted by molar-refractivity contribution is 7.90. The van der Waals surface area contributed by atoms with Crippen molar-refractivity contribution in [3.05, 3.63) is 72.4 Å². The maximum Gasteiger partial charge on any atom is 0.175 e. The predicted molar refractivity (Wildman–Crippen MR) is 137 cm³/mol. The number of hydrogen-bond donors (Lipinski definition) is 0. The number of aryl methyl sites for hydroxylation is 1. The Balaban J connectivity index is 1.61. The van der Waals surface area contributed by atoms with Gasteiger partial charge in [-0.2, -0.15) is 0 Å². The number of sulfone groups is 1. The molecule has 1 saturated heterocycles. The minimum Gasteiger partial charge on any atom is -0.378 e. The minimum absolute atomic E-state index is 0.302. The normalized spacial score (nSPS) is 14.4. The molecule has 8 heteroatoms. The number of benzene rings is 2. The van der Waals surface area contributed by atoms with Crippen LogP contribution in [0.2, 0.25) is 0 Å². The van der Waals surface area contributed by atoms with E-state index >= 15 is 0 Å². The van der Waals surface area contributed by atoms with Gasteiger partial charge >= 0.3 is 0 Å². The molecule has 0 unspecified atom stereocenters. The summed E-state index contributed by atoms with van der Waals surface area (Å²) in [5, 5.41) is 0.844. The Morgan fingerprint density at radius 1 is 0.941 bits per heavy atom. The van der Waals surface area contributed by atoms with Crippen LogP contribution < -0.4 is 4.90 Å². The molecule has 1 aliphatic heterocycles. The molecular weight excluding hydrogens is 466 g/mol. The summed E-state index contributed by atoms with van der Waals surface area (Å²) in [6.45, 7) is 5.12. The van der Waals surface area contributed by atoms with Crippen molar-refractivity contribution < 1.29 is 13.2 Å². The van der Waals surface area contributed by atoms with E-state index in [0.717, 1.165) is 51.2 Å². The highest BCUT2D eigenvalue weighted by Gasteiger charge is 2.19. The lowest BCUT2D eigenvalue weighted by Gasteiger charge is -2.28. The molecule has 2 aromatic carbocycles. The van der Waals surface area contributed by atoms with Gasteiger partial charge in [0.2, 0.25) is 0 Å². The topological polar surface area (TPSA) is 72.4 Å². The standard InChI is InChI=1S/C26H25N3O3S2/c1-18-4-3-5-20(16-18)24-25(21-10-11-27-23(17-21)29-12-14-32-15-13-29)33-26(28-24)19-6-8-22(9-7-19)34(2,30)31/h3-11,16-17H,12-15H2,1-2H3. The van der Waals surface area contributed by atoms with E-state index < -0.39 is 9.84 Å². The molecule has 2 aromatic heterocycles. The van der Waals surface area contributed by atoms with Gasteiger partial charge in [-0.05, 0) is 42.8 Å². The third kappa shape index (κ3) is 4.75. The van der Waals surface area contributed by atoms with Crippen LogP contribution >= 0.6 is 11.3 Å². The van der Waals surface area contributed by atoms with Crippen LogP contribution in [0.25, 0.3) is 32.3 Å². The first-order valence-electron chi connectivity index (χ1n) is 11.1. The Kier molecular flexibility index (Phi) is 6.20. The number of thiazole rings is 1. The average Bonchev–Trinajstić information content (AvgIpc) is 3.30. The molecule has 1 aliphatic rings. The van der Waals surface area contributed by atoms with Crippen molar-refractivity contribution >= 4 is 27.0 Å². The van der Waals surface area contributed by atoms with Gasteiger partial charge in [0.15, 0.2) is 9.84 Å². The van der Waals surface area contributed by atoms with Crippen LogP contribution in [0.3, 0.4) is 0 Å². The predicted octanol–water partition coefficient (Wildman–Crippen LogP) is 5.09. The molecule has 0 N–H and O–H groups in total. The third-order valence-electron chi connectivity index (χ3n) is 5.79. The number of nitrogens with zero attached hydrogens (tertiary/aromatic N) is 3. The summed E-state index contributed by atoms with van der Waals surface area (Å²) in [6.07, 6.45) is 3.06. The number of pyridine rings is 1. The van der Waals surface area contributed by atoms with Crippen LogP contribution in [0.1, 0.15) is 5.56 Å². The number of anilines is 1. The molecule has 0 bridgehead atoms. The summed E-state index contributed by atoms with van der Waals surface area (Å²) in [5.74, 6) is 0.934. The first-order valence-corrected chi connectivity index (χ1v) is 13.8. The molecule has 0 radical (unpaired) electrons. The zero-order valence-electron chi connectivity index (χ0n) is 19.1. The molecular formula is C26H25N3O3S2. The maximum atomic E-state index is 11.9. The maximum absolute atomic E-state index is 11.9. The van der Waals surface area contributed by atoms with Crippen molar-refractivity contribution in [1.29, 1.82) is 0 Å². The Morgan fingerprint density at radius 3 is 2.41 bits per heavy atom. The van der Waals surface area contributed by atoms with Gasteiger partial charge < -0.3 is 9.64 Å². The molecule has 0 saturated carbocycles. The number of morpholine rings is 1. The molecule has 34 heavy (non-hydrogen) atoms. The summed E-state index contributed by atoms with van der Waals surface area (Å²) in [7, 11) is -3.25. The van der Waals surface area contributed by atoms with E-state index in [2.05, 4.69) is 41.1 Å². The lowest BCUT2D eigenvalue weighted by atomic mass is 10.1. The third-order valence-corrected chi connectivity index (χ3v) is 8.07. The summed E-state index contributed by atoms with van der Waals surface area (Å²) >= 11 is 1.60. The Hall–Kier alpha value is -3.07. The van der Waals surface area contributed by atoms with Gasteiger partial charge in [0.25, 0.3) is 0 Å². The van der Waals surface area contributed by atoms with Crippen molar-refractivity contribution in [2.24, 2.45) is 0 Å². The van der Waals surface area contributed by atoms with Crippen molar-refractivity contribution in [2.75, 3.05) is 37.5 Å². The molecule has 3 heterocycles. The van der Waals surface area contributed by atoms with Gasteiger partial charge in [0.1, 0.15) is 10.8 Å². The number of hydrogen-bond acceptors (Lipinski definition) is 7. The summed E-state index contributed by atoms with van der Waals surface area (Å²) in [4.78, 5) is 13.2. The van der Waals surface area contributed by atoms with E-state index in [9.17, 15) is 8.42 Å². The van der Waals surface area contributed by atoms with E-state index in [1.807, 2.05) is 30.5 Å². The van der Waals surface area contributed by atoms with Gasteiger partial charge in [0.05, 0.1) is 28.7 Å². The quantitative estimate of drug-likeness (QED) is 0.387. The molecule has 0 spiro atoms. The highest BCUT2D eigenvalue weighted by Crippen LogP contribution is 2.41. The van der Waals surface area contributed by atoms with Crippen LogP contribution in [0.15, 0.2) is 71.8 Å². The fourth-order valence-electron chi connectivity index (χ4n) is 4.00. The zero-order valence-corrected chi connectivity index (χ0v) is 20.7. The van der Waals surface area contributed by atoms with Crippen LogP contribution in [0, 0.1) is 6.92 Å². The molecule has 0 aliphatic carbocycles. The van der Waals surface area contributed by atoms with E-state index in [0.29, 0.717) is 18.1 Å². The van der Waals surface area contributed by atoms with Crippen molar-refractivity contribution in [2.45, 2.75) is 11.8 Å². The number of aromatic nitrogens is 2. The van der Waals surface area contributed by atoms with Crippen molar-refractivity contribution in [1.82, 2.24) is 9.97 Å². The van der Waals surface area contributed by atoms with E-state index in [4.69, 9.17) is 9.72 Å². The van der Waals surface area contributed by atoms with Crippen molar-refractivity contribution in [3.8, 4) is 32.3 Å². The molecule has 0 atom stereocenters. The summed E-state index contributed by atoms with van der Waals surface area (Å²) in [6, 6.07) is 19.4. The Morgan fingerprint density at radius 2 is 1.71 bits per heavy atom. The number of ether oxygens (including phenoxy) is 1. The Labute approximate surface area is 203 Å². The molecule has 1 fully saturated rings. The van der Waals surface area contributed by atoms with E-state index in [1.54, 1.807) is 23.5 Å². The van der Waals surface area contributed by atoms with E-state index in [-0.39, 0.29) is 0 Å². The van der Waals surface area contributed by atoms with Crippen LogP contribution in [0.5, 0.6) is 0 Å². The van der Waals surface area contributed by atoms with Crippen LogP contribution in [-0.2, 0) is 14.6 Å². The van der Waals surface area contributed by atoms with Gasteiger partial charge in [-0.25, -0.2) is 18.4 Å². The van der Waals surface area contributed by atoms with Gasteiger partial charge in [-0.3, -0.25) is 0 Å². The molecule has 6 nitrogen and oxygen atoms in total. The van der Waals surface area contributed by atoms with Crippen LogP contribution in [0.4, 0.5) is 5.82 Å². The monoisotopic (exact) mass is 491 g/mol. The first kappa shape index (κ1) is 22.7. The fraction of sp³-hybridized carbons (Fsp3) is 0.231. The van der Waals surface area contributed by atoms with Crippen LogP contribution in [-0.4, -0.2) is 50.9 Å². The molecule has 0 amide bonds.